The molecule has 0 atom stereocenters. The Morgan fingerprint density at radius 2 is 1.77 bits per heavy atom. The average Bonchev–Trinajstić information content (AvgIpc) is 2.59. The minimum atomic E-state index is -3.71. The van der Waals surface area contributed by atoms with Crippen LogP contribution in [0.4, 0.5) is 0 Å². The number of hydrogen-bond donors (Lipinski definition) is 3. The van der Waals surface area contributed by atoms with Crippen LogP contribution in [0, 0.1) is 0 Å². The van der Waals surface area contributed by atoms with Gasteiger partial charge in [0, 0.05) is 6.07 Å². The van der Waals surface area contributed by atoms with Gasteiger partial charge < -0.3 is 20.3 Å². The van der Waals surface area contributed by atoms with Gasteiger partial charge in [0.2, 0.25) is 5.91 Å². The fourth-order valence-electron chi connectivity index (χ4n) is 2.08. The lowest BCUT2D eigenvalue weighted by Gasteiger charge is -2.09. The Labute approximate surface area is 150 Å². The van der Waals surface area contributed by atoms with Gasteiger partial charge in [-0.2, -0.15) is 0 Å². The number of phenols is 1. The number of nitrogens with one attached hydrogen (secondary N) is 1. The van der Waals surface area contributed by atoms with Gasteiger partial charge in [-0.3, -0.25) is 4.79 Å². The molecule has 0 fully saturated rings. The van der Waals surface area contributed by atoms with Crippen LogP contribution in [0.5, 0.6) is 11.5 Å². The molecule has 2 aromatic rings. The normalized spacial score (nSPS) is 10.9. The van der Waals surface area contributed by atoms with Crippen molar-refractivity contribution in [1.82, 2.24) is 5.32 Å². The van der Waals surface area contributed by atoms with E-state index in [1.807, 2.05) is 0 Å². The van der Waals surface area contributed by atoms with E-state index in [9.17, 15) is 23.1 Å². The molecule has 0 aliphatic carbocycles. The molecule has 0 spiro atoms. The van der Waals surface area contributed by atoms with Crippen LogP contribution in [0.1, 0.15) is 10.4 Å². The molecule has 0 saturated heterocycles. The Hall–Kier alpha value is -3.07. The third kappa shape index (κ3) is 5.21. The number of carbonyl (C=O) groups excluding carboxylic acids is 1. The number of aromatic carboxylic acids is 1. The molecule has 2 aromatic carbocycles. The summed E-state index contributed by atoms with van der Waals surface area (Å²) in [5.74, 6) is -2.82. The highest BCUT2D eigenvalue weighted by molar-refractivity contribution is 7.92. The van der Waals surface area contributed by atoms with Crippen LogP contribution in [0.2, 0.25) is 0 Å². The number of carboxylic acid groups (broad SMARTS) is 1. The number of rotatable bonds is 8. The lowest BCUT2D eigenvalue weighted by Crippen LogP contribution is -2.33. The maximum absolute atomic E-state index is 12.1. The maximum atomic E-state index is 12.1. The summed E-state index contributed by atoms with van der Waals surface area (Å²) >= 11 is 0. The molecule has 3 N–H and O–H groups in total. The van der Waals surface area contributed by atoms with Crippen LogP contribution in [0.3, 0.4) is 0 Å². The number of ether oxygens (including phenoxy) is 1. The highest BCUT2D eigenvalue weighted by Gasteiger charge is 2.18. The monoisotopic (exact) mass is 379 g/mol. The molecule has 0 heterocycles. The molecule has 26 heavy (non-hydrogen) atoms. The van der Waals surface area contributed by atoms with E-state index < -0.39 is 33.2 Å². The number of carboxylic acids is 1. The van der Waals surface area contributed by atoms with Crippen molar-refractivity contribution in [2.75, 3.05) is 18.9 Å². The van der Waals surface area contributed by atoms with E-state index in [1.54, 1.807) is 18.2 Å². The largest absolute Gasteiger partial charge is 0.507 e. The van der Waals surface area contributed by atoms with Crippen LogP contribution >= 0.6 is 0 Å². The molecule has 8 nitrogen and oxygen atoms in total. The van der Waals surface area contributed by atoms with Crippen LogP contribution in [-0.2, 0) is 14.6 Å². The second-order valence-electron chi connectivity index (χ2n) is 5.25. The third-order valence-corrected chi connectivity index (χ3v) is 4.95. The van der Waals surface area contributed by atoms with Crippen molar-refractivity contribution in [3.05, 3.63) is 54.1 Å². The van der Waals surface area contributed by atoms with E-state index in [-0.39, 0.29) is 29.4 Å². The first-order chi connectivity index (χ1) is 12.3. The predicted octanol–water partition coefficient (Wildman–Crippen LogP) is 1.06. The molecule has 9 heteroatoms. The van der Waals surface area contributed by atoms with Crippen molar-refractivity contribution < 1.29 is 33.0 Å². The Bertz CT molecular complexity index is 895. The summed E-state index contributed by atoms with van der Waals surface area (Å²) in [7, 11) is -3.71. The van der Waals surface area contributed by atoms with Crippen molar-refractivity contribution in [3.8, 4) is 11.5 Å². The molecule has 2 rings (SSSR count). The van der Waals surface area contributed by atoms with Gasteiger partial charge in [-0.05, 0) is 24.3 Å². The number of sulfone groups is 1. The van der Waals surface area contributed by atoms with E-state index in [4.69, 9.17) is 9.84 Å². The van der Waals surface area contributed by atoms with Gasteiger partial charge in [-0.15, -0.1) is 0 Å². The van der Waals surface area contributed by atoms with Gasteiger partial charge in [0.25, 0.3) is 0 Å². The van der Waals surface area contributed by atoms with Crippen molar-refractivity contribution in [2.45, 2.75) is 4.90 Å². The minimum absolute atomic E-state index is 0.0168. The highest BCUT2D eigenvalue weighted by atomic mass is 32.2. The SMILES string of the molecule is O=C(CS(=O)(=O)c1ccccc1)NCCOc1ccc(C(=O)O)c(O)c1. The van der Waals surface area contributed by atoms with Crippen LogP contribution in [-0.4, -0.2) is 49.4 Å². The molecule has 138 valence electrons. The van der Waals surface area contributed by atoms with Gasteiger partial charge >= 0.3 is 5.97 Å². The number of amides is 1. The predicted molar refractivity (Wildman–Crippen MR) is 92.1 cm³/mol. The summed E-state index contributed by atoms with van der Waals surface area (Å²) < 4.78 is 29.4. The lowest BCUT2D eigenvalue weighted by molar-refractivity contribution is -0.118. The Balaban J connectivity index is 1.80. The highest BCUT2D eigenvalue weighted by Crippen LogP contribution is 2.23. The Kier molecular flexibility index (Phi) is 6.18. The van der Waals surface area contributed by atoms with Gasteiger partial charge in [0.05, 0.1) is 11.4 Å². The molecule has 1 amide bonds. The molecule has 0 aliphatic rings. The van der Waals surface area contributed by atoms with Crippen molar-refractivity contribution >= 4 is 21.7 Å². The van der Waals surface area contributed by atoms with E-state index >= 15 is 0 Å². The molecule has 0 aromatic heterocycles. The zero-order chi connectivity index (χ0) is 19.2. The second kappa shape index (κ2) is 8.34. The number of hydrogen-bond acceptors (Lipinski definition) is 6. The van der Waals surface area contributed by atoms with Crippen LogP contribution in [0.15, 0.2) is 53.4 Å². The zero-order valence-electron chi connectivity index (χ0n) is 13.6. The first kappa shape index (κ1) is 19.3. The van der Waals surface area contributed by atoms with Crippen LogP contribution < -0.4 is 10.1 Å². The van der Waals surface area contributed by atoms with Crippen LogP contribution in [0.25, 0.3) is 0 Å². The standard InChI is InChI=1S/C17H17NO7S/c19-15-10-12(6-7-14(15)17(21)22)25-9-8-18-16(20)11-26(23,24)13-4-2-1-3-5-13/h1-7,10,19H,8-9,11H2,(H,18,20)(H,21,22). The summed E-state index contributed by atoms with van der Waals surface area (Å²) in [6.07, 6.45) is 0. The summed E-state index contributed by atoms with van der Waals surface area (Å²) in [5.41, 5.74) is -0.253. The van der Waals surface area contributed by atoms with Crippen molar-refractivity contribution in [3.63, 3.8) is 0 Å². The molecule has 0 radical (unpaired) electrons. The molecule has 0 aliphatic heterocycles. The smallest absolute Gasteiger partial charge is 0.339 e. The summed E-state index contributed by atoms with van der Waals surface area (Å²) in [4.78, 5) is 22.6. The summed E-state index contributed by atoms with van der Waals surface area (Å²) in [6.45, 7) is 0.0631. The van der Waals surface area contributed by atoms with E-state index in [1.165, 1.54) is 24.3 Å². The summed E-state index contributed by atoms with van der Waals surface area (Å²) in [6, 6.07) is 11.4. The number of carbonyl (C=O) groups is 2. The molecule has 0 saturated carbocycles. The fraction of sp³-hybridized carbons (Fsp3) is 0.176. The number of aromatic hydroxyl groups is 1. The molecule has 0 unspecified atom stereocenters. The maximum Gasteiger partial charge on any atom is 0.339 e. The van der Waals surface area contributed by atoms with Gasteiger partial charge in [-0.25, -0.2) is 13.2 Å². The topological polar surface area (TPSA) is 130 Å². The van der Waals surface area contributed by atoms with Gasteiger partial charge in [0.15, 0.2) is 9.84 Å². The zero-order valence-corrected chi connectivity index (χ0v) is 14.4. The molecular formula is C17H17NO7S. The quantitative estimate of drug-likeness (QED) is 0.585. The van der Waals surface area contributed by atoms with E-state index in [0.29, 0.717) is 0 Å². The average molecular weight is 379 g/mol. The van der Waals surface area contributed by atoms with E-state index in [2.05, 4.69) is 5.32 Å². The van der Waals surface area contributed by atoms with Gasteiger partial charge in [-0.1, -0.05) is 18.2 Å². The Morgan fingerprint density at radius 1 is 1.08 bits per heavy atom. The summed E-state index contributed by atoms with van der Waals surface area (Å²) in [5, 5.41) is 20.8. The van der Waals surface area contributed by atoms with Crippen molar-refractivity contribution in [1.29, 1.82) is 0 Å². The Morgan fingerprint density at radius 3 is 2.38 bits per heavy atom. The van der Waals surface area contributed by atoms with Crippen molar-refractivity contribution in [2.24, 2.45) is 0 Å². The first-order valence-corrected chi connectivity index (χ1v) is 9.18. The third-order valence-electron chi connectivity index (χ3n) is 3.32. The lowest BCUT2D eigenvalue weighted by atomic mass is 10.2. The number of benzene rings is 2. The molecule has 0 bridgehead atoms. The first-order valence-electron chi connectivity index (χ1n) is 7.53. The van der Waals surface area contributed by atoms with E-state index in [0.717, 1.165) is 6.07 Å². The fourth-order valence-corrected chi connectivity index (χ4v) is 3.26. The minimum Gasteiger partial charge on any atom is -0.507 e. The molecular weight excluding hydrogens is 362 g/mol. The van der Waals surface area contributed by atoms with Gasteiger partial charge in [0.1, 0.15) is 29.4 Å². The second-order valence-corrected chi connectivity index (χ2v) is 7.24.